The zero-order valence-corrected chi connectivity index (χ0v) is 20.7. The van der Waals surface area contributed by atoms with Crippen LogP contribution in [0.15, 0.2) is 91.1 Å². The van der Waals surface area contributed by atoms with E-state index in [0.717, 1.165) is 12.3 Å². The van der Waals surface area contributed by atoms with Crippen molar-refractivity contribution in [1.82, 2.24) is 9.97 Å². The first-order chi connectivity index (χ1) is 18.7. The van der Waals surface area contributed by atoms with Crippen LogP contribution in [0.1, 0.15) is 33.6 Å². The first-order valence-corrected chi connectivity index (χ1v) is 11.9. The van der Waals surface area contributed by atoms with Gasteiger partial charge in [-0.1, -0.05) is 60.1 Å². The Morgan fingerprint density at radius 1 is 0.795 bits per heavy atom. The van der Waals surface area contributed by atoms with Gasteiger partial charge in [0.25, 0.3) is 0 Å². The number of fused-ring (bicyclic) bond motifs is 1. The molecule has 3 aromatic carbocycles. The maximum Gasteiger partial charge on any atom is 0.433 e. The molecule has 1 unspecified atom stereocenters. The molecule has 39 heavy (non-hydrogen) atoms. The number of hydrogen-bond donors (Lipinski definition) is 1. The molecule has 9 heteroatoms. The van der Waals surface area contributed by atoms with Gasteiger partial charge < -0.3 is 5.11 Å². The van der Waals surface area contributed by atoms with Crippen molar-refractivity contribution >= 4 is 22.5 Å². The summed E-state index contributed by atoms with van der Waals surface area (Å²) in [5, 5.41) is 32.8. The minimum atomic E-state index is -4.75. The summed E-state index contributed by atoms with van der Waals surface area (Å²) in [7, 11) is 0. The van der Waals surface area contributed by atoms with E-state index in [9.17, 15) is 28.8 Å². The van der Waals surface area contributed by atoms with Gasteiger partial charge in [-0.05, 0) is 58.7 Å². The zero-order chi connectivity index (χ0) is 27.8. The van der Waals surface area contributed by atoms with Gasteiger partial charge >= 0.3 is 6.18 Å². The third-order valence-electron chi connectivity index (χ3n) is 6.39. The standard InChI is InChI=1S/C30H16ClF3N4O/c31-22-8-4-7-19(13-22)29(39,21-11-12-37-27(15-21)30(32,33)34)20-9-10-25-23(14-20)24(16-35)28(26(17-36)38-25)18-5-2-1-3-6-18/h1-15,39H. The Labute approximate surface area is 226 Å². The van der Waals surface area contributed by atoms with Gasteiger partial charge in [0.15, 0.2) is 0 Å². The highest BCUT2D eigenvalue weighted by molar-refractivity contribution is 6.30. The first kappa shape index (κ1) is 25.9. The Hall–Kier alpha value is -4.76. The van der Waals surface area contributed by atoms with E-state index in [1.165, 1.54) is 30.3 Å². The Kier molecular flexibility index (Phi) is 6.53. The lowest BCUT2D eigenvalue weighted by atomic mass is 9.79. The maximum absolute atomic E-state index is 13.6. The SMILES string of the molecule is N#Cc1nc2ccc(C(O)(c3cccc(Cl)c3)c3ccnc(C(F)(F)F)c3)cc2c(C#N)c1-c1ccccc1. The van der Waals surface area contributed by atoms with Gasteiger partial charge in [0.05, 0.1) is 11.1 Å². The van der Waals surface area contributed by atoms with Gasteiger partial charge in [-0.3, -0.25) is 4.98 Å². The fourth-order valence-electron chi connectivity index (χ4n) is 4.60. The lowest BCUT2D eigenvalue weighted by molar-refractivity contribution is -0.141. The minimum absolute atomic E-state index is 0.0482. The van der Waals surface area contributed by atoms with Crippen molar-refractivity contribution in [2.45, 2.75) is 11.8 Å². The molecule has 0 aliphatic heterocycles. The van der Waals surface area contributed by atoms with Crippen molar-refractivity contribution in [3.63, 3.8) is 0 Å². The molecule has 5 nitrogen and oxygen atoms in total. The number of pyridine rings is 2. The Balaban J connectivity index is 1.84. The summed E-state index contributed by atoms with van der Waals surface area (Å²) in [6.45, 7) is 0. The number of alkyl halides is 3. The van der Waals surface area contributed by atoms with Crippen LogP contribution in [0.25, 0.3) is 22.0 Å². The van der Waals surface area contributed by atoms with Gasteiger partial charge in [0.1, 0.15) is 29.1 Å². The Morgan fingerprint density at radius 2 is 1.51 bits per heavy atom. The number of nitriles is 2. The Morgan fingerprint density at radius 3 is 2.18 bits per heavy atom. The summed E-state index contributed by atoms with van der Waals surface area (Å²) >= 11 is 6.21. The molecule has 5 rings (SSSR count). The lowest BCUT2D eigenvalue weighted by Crippen LogP contribution is -2.29. The molecule has 0 fully saturated rings. The van der Waals surface area contributed by atoms with Crippen molar-refractivity contribution in [1.29, 1.82) is 10.5 Å². The predicted octanol–water partition coefficient (Wildman–Crippen LogP) is 7.00. The summed E-state index contributed by atoms with van der Waals surface area (Å²) in [4.78, 5) is 7.86. The quantitative estimate of drug-likeness (QED) is 0.265. The molecule has 0 spiro atoms. The first-order valence-electron chi connectivity index (χ1n) is 11.5. The van der Waals surface area contributed by atoms with Crippen molar-refractivity contribution < 1.29 is 18.3 Å². The molecule has 5 aromatic rings. The van der Waals surface area contributed by atoms with Crippen molar-refractivity contribution in [2.24, 2.45) is 0 Å². The van der Waals surface area contributed by atoms with E-state index < -0.39 is 17.5 Å². The number of halogens is 4. The van der Waals surface area contributed by atoms with Gasteiger partial charge in [0.2, 0.25) is 0 Å². The molecule has 0 aliphatic rings. The van der Waals surface area contributed by atoms with E-state index >= 15 is 0 Å². The van der Waals surface area contributed by atoms with Gasteiger partial charge in [0, 0.05) is 22.2 Å². The van der Waals surface area contributed by atoms with Crippen LogP contribution >= 0.6 is 11.6 Å². The molecular formula is C30H16ClF3N4O. The number of rotatable bonds is 4. The fourth-order valence-corrected chi connectivity index (χ4v) is 4.79. The highest BCUT2D eigenvalue weighted by Gasteiger charge is 2.38. The van der Waals surface area contributed by atoms with Gasteiger partial charge in [-0.2, -0.15) is 23.7 Å². The van der Waals surface area contributed by atoms with Gasteiger partial charge in [-0.15, -0.1) is 0 Å². The van der Waals surface area contributed by atoms with Crippen LogP contribution < -0.4 is 0 Å². The molecule has 0 saturated heterocycles. The summed E-state index contributed by atoms with van der Waals surface area (Å²) in [6, 6.07) is 25.7. The van der Waals surface area contributed by atoms with Crippen molar-refractivity contribution in [3.8, 4) is 23.3 Å². The van der Waals surface area contributed by atoms with E-state index in [-0.39, 0.29) is 33.0 Å². The van der Waals surface area contributed by atoms with E-state index in [0.29, 0.717) is 22.0 Å². The second-order valence-corrected chi connectivity index (χ2v) is 9.12. The smallest absolute Gasteiger partial charge is 0.376 e. The molecule has 2 heterocycles. The fraction of sp³-hybridized carbons (Fsp3) is 0.0667. The second kappa shape index (κ2) is 9.85. The number of aliphatic hydroxyl groups is 1. The van der Waals surface area contributed by atoms with Crippen LogP contribution in [0.4, 0.5) is 13.2 Å². The van der Waals surface area contributed by atoms with Crippen LogP contribution in [-0.4, -0.2) is 15.1 Å². The van der Waals surface area contributed by atoms with Crippen LogP contribution in [0.5, 0.6) is 0 Å². The summed E-state index contributed by atoms with van der Waals surface area (Å²) in [6.07, 6.45) is -3.77. The average molecular weight is 541 g/mol. The topological polar surface area (TPSA) is 93.6 Å². The largest absolute Gasteiger partial charge is 0.433 e. The number of benzene rings is 3. The monoisotopic (exact) mass is 540 g/mol. The summed E-state index contributed by atoms with van der Waals surface area (Å²) < 4.78 is 40.7. The molecule has 0 aliphatic carbocycles. The minimum Gasteiger partial charge on any atom is -0.376 e. The number of nitrogens with zero attached hydrogens (tertiary/aromatic N) is 4. The molecule has 1 N–H and O–H groups in total. The highest BCUT2D eigenvalue weighted by Crippen LogP contribution is 2.41. The summed E-state index contributed by atoms with van der Waals surface area (Å²) in [5.74, 6) is 0. The lowest BCUT2D eigenvalue weighted by Gasteiger charge is -2.31. The molecular weight excluding hydrogens is 525 g/mol. The molecule has 1 atom stereocenters. The van der Waals surface area contributed by atoms with E-state index in [2.05, 4.69) is 16.0 Å². The number of aromatic nitrogens is 2. The van der Waals surface area contributed by atoms with Crippen LogP contribution in [0, 0.1) is 22.7 Å². The maximum atomic E-state index is 13.6. The third kappa shape index (κ3) is 4.57. The predicted molar refractivity (Wildman–Crippen MR) is 139 cm³/mol. The average Bonchev–Trinajstić information content (AvgIpc) is 2.95. The molecule has 0 bridgehead atoms. The molecule has 0 amide bonds. The molecule has 0 radical (unpaired) electrons. The second-order valence-electron chi connectivity index (χ2n) is 8.68. The number of hydrogen-bond acceptors (Lipinski definition) is 5. The van der Waals surface area contributed by atoms with Gasteiger partial charge in [-0.25, -0.2) is 4.98 Å². The van der Waals surface area contributed by atoms with Crippen LogP contribution in [0.3, 0.4) is 0 Å². The van der Waals surface area contributed by atoms with E-state index in [1.807, 2.05) is 6.07 Å². The Bertz CT molecular complexity index is 1810. The molecule has 0 saturated carbocycles. The van der Waals surface area contributed by atoms with Crippen LogP contribution in [-0.2, 0) is 11.8 Å². The van der Waals surface area contributed by atoms with Crippen LogP contribution in [0.2, 0.25) is 5.02 Å². The molecule has 190 valence electrons. The van der Waals surface area contributed by atoms with Crippen molar-refractivity contribution in [3.05, 3.63) is 130 Å². The zero-order valence-electron chi connectivity index (χ0n) is 19.9. The summed E-state index contributed by atoms with van der Waals surface area (Å²) in [5.41, 5.74) is -1.60. The normalized spacial score (nSPS) is 12.9. The van der Waals surface area contributed by atoms with Crippen molar-refractivity contribution in [2.75, 3.05) is 0 Å². The highest BCUT2D eigenvalue weighted by atomic mass is 35.5. The third-order valence-corrected chi connectivity index (χ3v) is 6.63. The molecule has 2 aromatic heterocycles. The van der Waals surface area contributed by atoms with E-state index in [1.54, 1.807) is 48.5 Å². The van der Waals surface area contributed by atoms with E-state index in [4.69, 9.17) is 11.6 Å².